The van der Waals surface area contributed by atoms with Gasteiger partial charge in [-0.15, -0.1) is 0 Å². The molecule has 0 amide bonds. The predicted octanol–water partition coefficient (Wildman–Crippen LogP) is 3.26. The number of H-pyrrole nitrogens is 1. The van der Waals surface area contributed by atoms with Crippen molar-refractivity contribution < 1.29 is 9.66 Å². The van der Waals surface area contributed by atoms with Gasteiger partial charge in [0.2, 0.25) is 0 Å². The highest BCUT2D eigenvalue weighted by Gasteiger charge is 2.29. The molecule has 0 atom stereocenters. The zero-order valence-electron chi connectivity index (χ0n) is 18.3. The number of hydrogen-bond donors (Lipinski definition) is 1. The van der Waals surface area contributed by atoms with Gasteiger partial charge in [0.15, 0.2) is 0 Å². The van der Waals surface area contributed by atoms with Crippen LogP contribution in [0.25, 0.3) is 5.69 Å². The first-order chi connectivity index (χ1) is 15.1. The third-order valence-corrected chi connectivity index (χ3v) is 5.63. The van der Waals surface area contributed by atoms with Crippen LogP contribution in [0.3, 0.4) is 0 Å². The summed E-state index contributed by atoms with van der Waals surface area (Å²) < 4.78 is 7.20. The van der Waals surface area contributed by atoms with Gasteiger partial charge in [-0.2, -0.15) is 0 Å². The number of aromatic nitrogens is 2. The molecule has 32 heavy (non-hydrogen) atoms. The largest absolute Gasteiger partial charge is 0.494 e. The maximum absolute atomic E-state index is 12.5. The van der Waals surface area contributed by atoms with Crippen LogP contribution in [0.4, 0.5) is 11.4 Å². The molecule has 1 aliphatic heterocycles. The molecule has 3 aromatic rings. The van der Waals surface area contributed by atoms with Gasteiger partial charge in [-0.3, -0.25) is 24.5 Å². The van der Waals surface area contributed by atoms with Crippen LogP contribution in [0, 0.1) is 10.1 Å². The lowest BCUT2D eigenvalue weighted by Crippen LogP contribution is -2.28. The van der Waals surface area contributed by atoms with Crippen LogP contribution in [0.5, 0.6) is 5.75 Å². The molecule has 0 bridgehead atoms. The quantitative estimate of drug-likeness (QED) is 0.496. The highest BCUT2D eigenvalue weighted by molar-refractivity contribution is 5.69. The Hall–Kier alpha value is -3.88. The molecule has 2 aromatic carbocycles. The van der Waals surface area contributed by atoms with Crippen molar-refractivity contribution in [2.24, 2.45) is 0 Å². The molecule has 4 rings (SSSR count). The van der Waals surface area contributed by atoms with Crippen molar-refractivity contribution in [3.05, 3.63) is 90.2 Å². The van der Waals surface area contributed by atoms with E-state index in [0.29, 0.717) is 24.5 Å². The van der Waals surface area contributed by atoms with Crippen LogP contribution in [-0.2, 0) is 18.5 Å². The second kappa shape index (κ2) is 7.67. The number of nitro groups is 1. The minimum Gasteiger partial charge on any atom is -0.494 e. The zero-order chi connectivity index (χ0) is 23.2. The minimum absolute atomic E-state index is 0.0569. The number of methoxy groups -OCH3 is 1. The highest BCUT2D eigenvalue weighted by atomic mass is 16.6. The van der Waals surface area contributed by atoms with Gasteiger partial charge >= 0.3 is 5.69 Å². The lowest BCUT2D eigenvalue weighted by atomic mass is 9.85. The standard InChI is InChI=1S/C23H24N4O5/c1-23(2,3)18-10-17(26-8-7-20(28)24-22(26)29)11-19(21(18)32-4)25-12-14-5-6-16(27(30)31)9-15(14)13-25/h5-11H,12-13H2,1-4H3,(H,24,28,29). The molecule has 0 spiro atoms. The van der Waals surface area contributed by atoms with Crippen LogP contribution >= 0.6 is 0 Å². The van der Waals surface area contributed by atoms with Crippen molar-refractivity contribution in [2.75, 3.05) is 12.0 Å². The number of non-ortho nitro benzene ring substituents is 1. The Morgan fingerprint density at radius 2 is 1.78 bits per heavy atom. The molecule has 1 aromatic heterocycles. The number of anilines is 1. The van der Waals surface area contributed by atoms with Gasteiger partial charge in [0.25, 0.3) is 11.2 Å². The fourth-order valence-electron chi connectivity index (χ4n) is 4.03. The molecular formula is C23H24N4O5. The number of nitrogens with zero attached hydrogens (tertiary/aromatic N) is 3. The van der Waals surface area contributed by atoms with Crippen molar-refractivity contribution in [3.8, 4) is 11.4 Å². The lowest BCUT2D eigenvalue weighted by molar-refractivity contribution is -0.384. The summed E-state index contributed by atoms with van der Waals surface area (Å²) in [5.74, 6) is 0.682. The van der Waals surface area contributed by atoms with Gasteiger partial charge in [0.1, 0.15) is 5.75 Å². The van der Waals surface area contributed by atoms with Crippen LogP contribution in [0.1, 0.15) is 37.5 Å². The van der Waals surface area contributed by atoms with E-state index in [1.54, 1.807) is 19.2 Å². The monoisotopic (exact) mass is 436 g/mol. The van der Waals surface area contributed by atoms with E-state index < -0.39 is 16.2 Å². The van der Waals surface area contributed by atoms with E-state index in [1.807, 2.05) is 12.1 Å². The Labute approximate surface area is 184 Å². The second-order valence-corrected chi connectivity index (χ2v) is 8.84. The molecule has 0 unspecified atom stereocenters. The Morgan fingerprint density at radius 3 is 2.41 bits per heavy atom. The van der Waals surface area contributed by atoms with Crippen molar-refractivity contribution in [1.29, 1.82) is 0 Å². The van der Waals surface area contributed by atoms with Gasteiger partial charge in [0, 0.05) is 43.0 Å². The summed E-state index contributed by atoms with van der Waals surface area (Å²) in [6.45, 7) is 7.18. The molecule has 9 heteroatoms. The Kier molecular flexibility index (Phi) is 5.12. The van der Waals surface area contributed by atoms with Gasteiger partial charge in [-0.1, -0.05) is 26.8 Å². The number of benzene rings is 2. The third-order valence-electron chi connectivity index (χ3n) is 5.63. The van der Waals surface area contributed by atoms with Crippen molar-refractivity contribution >= 4 is 11.4 Å². The second-order valence-electron chi connectivity index (χ2n) is 8.84. The van der Waals surface area contributed by atoms with E-state index >= 15 is 0 Å². The lowest BCUT2D eigenvalue weighted by Gasteiger charge is -2.29. The number of nitro benzene ring substituents is 1. The van der Waals surface area contributed by atoms with Gasteiger partial charge in [0.05, 0.1) is 23.4 Å². The first-order valence-electron chi connectivity index (χ1n) is 10.1. The van der Waals surface area contributed by atoms with Crippen LogP contribution in [0.2, 0.25) is 0 Å². The number of ether oxygens (including phenoxy) is 1. The van der Waals surface area contributed by atoms with E-state index in [0.717, 1.165) is 22.4 Å². The first-order valence-corrected chi connectivity index (χ1v) is 10.1. The molecule has 0 saturated carbocycles. The normalized spacial score (nSPS) is 13.2. The summed E-state index contributed by atoms with van der Waals surface area (Å²) in [6, 6.07) is 9.91. The van der Waals surface area contributed by atoms with Gasteiger partial charge in [-0.25, -0.2) is 4.79 Å². The summed E-state index contributed by atoms with van der Waals surface area (Å²) in [5, 5.41) is 11.2. The molecule has 0 fully saturated rings. The summed E-state index contributed by atoms with van der Waals surface area (Å²) >= 11 is 0. The Morgan fingerprint density at radius 1 is 1.06 bits per heavy atom. The molecule has 1 N–H and O–H groups in total. The molecule has 0 aliphatic carbocycles. The zero-order valence-corrected chi connectivity index (χ0v) is 18.3. The van der Waals surface area contributed by atoms with Crippen molar-refractivity contribution in [2.45, 2.75) is 39.3 Å². The Bertz CT molecular complexity index is 1330. The predicted molar refractivity (Wildman–Crippen MR) is 121 cm³/mol. The minimum atomic E-state index is -0.534. The molecule has 166 valence electrons. The van der Waals surface area contributed by atoms with E-state index in [2.05, 4.69) is 30.7 Å². The van der Waals surface area contributed by atoms with Crippen molar-refractivity contribution in [1.82, 2.24) is 9.55 Å². The van der Waals surface area contributed by atoms with Crippen molar-refractivity contribution in [3.63, 3.8) is 0 Å². The molecular weight excluding hydrogens is 412 g/mol. The average Bonchev–Trinajstić information content (AvgIpc) is 3.15. The SMILES string of the molecule is COc1c(N2Cc3ccc([N+](=O)[O-])cc3C2)cc(-n2ccc(=O)[nH]c2=O)cc1C(C)(C)C. The van der Waals surface area contributed by atoms with Gasteiger partial charge in [-0.05, 0) is 28.7 Å². The summed E-state index contributed by atoms with van der Waals surface area (Å²) in [7, 11) is 1.61. The number of aromatic amines is 1. The van der Waals surface area contributed by atoms with Crippen LogP contribution in [-0.4, -0.2) is 21.6 Å². The third kappa shape index (κ3) is 3.77. The molecule has 0 saturated heterocycles. The first kappa shape index (κ1) is 21.4. The van der Waals surface area contributed by atoms with Crippen LogP contribution < -0.4 is 20.9 Å². The van der Waals surface area contributed by atoms with E-state index in [1.165, 1.54) is 22.9 Å². The van der Waals surface area contributed by atoms with Crippen LogP contribution in [0.15, 0.2) is 52.2 Å². The number of fused-ring (bicyclic) bond motifs is 1. The summed E-state index contributed by atoms with van der Waals surface area (Å²) in [4.78, 5) is 39.1. The number of nitrogens with one attached hydrogen (secondary N) is 1. The fourth-order valence-corrected chi connectivity index (χ4v) is 4.03. The molecule has 9 nitrogen and oxygen atoms in total. The molecule has 2 heterocycles. The summed E-state index contributed by atoms with van der Waals surface area (Å²) in [5.41, 5.74) is 2.90. The maximum atomic E-state index is 12.5. The smallest absolute Gasteiger partial charge is 0.332 e. The van der Waals surface area contributed by atoms with Gasteiger partial charge < -0.3 is 9.64 Å². The summed E-state index contributed by atoms with van der Waals surface area (Å²) in [6.07, 6.45) is 1.45. The molecule has 0 radical (unpaired) electrons. The number of hydrogen-bond acceptors (Lipinski definition) is 6. The molecule has 1 aliphatic rings. The maximum Gasteiger partial charge on any atom is 0.332 e. The topological polar surface area (TPSA) is 110 Å². The highest BCUT2D eigenvalue weighted by Crippen LogP contribution is 2.43. The van der Waals surface area contributed by atoms with E-state index in [9.17, 15) is 19.7 Å². The average molecular weight is 436 g/mol. The van der Waals surface area contributed by atoms with E-state index in [-0.39, 0.29) is 11.1 Å². The fraction of sp³-hybridized carbons (Fsp3) is 0.304. The number of rotatable bonds is 4. The Balaban J connectivity index is 1.88. The van der Waals surface area contributed by atoms with E-state index in [4.69, 9.17) is 4.74 Å².